The van der Waals surface area contributed by atoms with E-state index in [2.05, 4.69) is 35.3 Å². The van der Waals surface area contributed by atoms with Gasteiger partial charge in [-0.25, -0.2) is 4.39 Å². The summed E-state index contributed by atoms with van der Waals surface area (Å²) in [5.74, 6) is -0.737. The summed E-state index contributed by atoms with van der Waals surface area (Å²) < 4.78 is 14.0. The maximum absolute atomic E-state index is 14.0. The molecule has 3 nitrogen and oxygen atoms in total. The number of nitrogens with one attached hydrogen (secondary N) is 1. The van der Waals surface area contributed by atoms with Gasteiger partial charge in [-0.1, -0.05) is 36.8 Å². The van der Waals surface area contributed by atoms with E-state index in [1.807, 2.05) is 6.07 Å². The van der Waals surface area contributed by atoms with Crippen LogP contribution in [0.4, 0.5) is 10.1 Å². The lowest BCUT2D eigenvalue weighted by Gasteiger charge is -2.33. The van der Waals surface area contributed by atoms with E-state index in [-0.39, 0.29) is 11.3 Å². The number of halogens is 1. The fraction of sp³-hybridized carbons (Fsp3) is 0.409. The van der Waals surface area contributed by atoms with E-state index >= 15 is 0 Å². The number of hydrogen-bond donors (Lipinski definition) is 1. The molecule has 0 aromatic heterocycles. The summed E-state index contributed by atoms with van der Waals surface area (Å²) in [5.41, 5.74) is 3.16. The Bertz CT molecular complexity index is 774. The molecule has 0 aliphatic carbocycles. The molecule has 1 atom stereocenters. The number of ketones is 1. The number of anilines is 1. The Balaban J connectivity index is 1.75. The average molecular weight is 354 g/mol. The van der Waals surface area contributed by atoms with Crippen molar-refractivity contribution in [3.63, 3.8) is 0 Å². The maximum atomic E-state index is 14.0. The van der Waals surface area contributed by atoms with Gasteiger partial charge in [0.25, 0.3) is 0 Å². The summed E-state index contributed by atoms with van der Waals surface area (Å²) in [4.78, 5) is 14.3. The van der Waals surface area contributed by atoms with Gasteiger partial charge in [0.2, 0.25) is 0 Å². The standard InChI is InChI=1S/C22H27FN2O/c1-16-8-5-6-13-25(16)15-19-10-4-3-9-18(19)14-24-21-12-7-11-20(23)22(21)17(2)26/h3-4,7,9-12,16,24H,5-6,8,13-15H2,1-2H3. The summed E-state index contributed by atoms with van der Waals surface area (Å²) in [6.07, 6.45) is 3.83. The molecule has 0 saturated carbocycles. The van der Waals surface area contributed by atoms with Gasteiger partial charge in [0.05, 0.1) is 5.56 Å². The molecule has 2 aromatic rings. The molecule has 1 aliphatic heterocycles. The predicted octanol–water partition coefficient (Wildman–Crippen LogP) is 5.01. The SMILES string of the molecule is CC(=O)c1c(F)cccc1NCc1ccccc1CN1CCCCC1C. The molecule has 1 saturated heterocycles. The first-order valence-electron chi connectivity index (χ1n) is 9.40. The second kappa shape index (κ2) is 8.45. The van der Waals surface area contributed by atoms with Gasteiger partial charge in [-0.2, -0.15) is 0 Å². The summed E-state index contributed by atoms with van der Waals surface area (Å²) in [5, 5.41) is 3.26. The molecular weight excluding hydrogens is 327 g/mol. The minimum absolute atomic E-state index is 0.134. The normalized spacial score (nSPS) is 17.9. The zero-order valence-electron chi connectivity index (χ0n) is 15.6. The molecule has 4 heteroatoms. The van der Waals surface area contributed by atoms with Gasteiger partial charge in [-0.15, -0.1) is 0 Å². The molecule has 0 spiro atoms. The fourth-order valence-corrected chi connectivity index (χ4v) is 3.72. The molecule has 138 valence electrons. The number of carbonyl (C=O) groups is 1. The van der Waals surface area contributed by atoms with Crippen LogP contribution in [0.2, 0.25) is 0 Å². The van der Waals surface area contributed by atoms with Crippen molar-refractivity contribution in [3.05, 3.63) is 65.0 Å². The smallest absolute Gasteiger partial charge is 0.164 e. The molecule has 1 aliphatic rings. The highest BCUT2D eigenvalue weighted by Crippen LogP contribution is 2.23. The lowest BCUT2D eigenvalue weighted by molar-refractivity contribution is 0.101. The van der Waals surface area contributed by atoms with Gasteiger partial charge in [-0.05, 0) is 56.5 Å². The number of rotatable bonds is 6. The van der Waals surface area contributed by atoms with Crippen LogP contribution in [0.3, 0.4) is 0 Å². The molecule has 0 amide bonds. The predicted molar refractivity (Wildman–Crippen MR) is 104 cm³/mol. The molecule has 1 fully saturated rings. The van der Waals surface area contributed by atoms with Crippen LogP contribution in [-0.2, 0) is 13.1 Å². The van der Waals surface area contributed by atoms with Crippen LogP contribution in [0, 0.1) is 5.82 Å². The van der Waals surface area contributed by atoms with Crippen molar-refractivity contribution in [2.45, 2.75) is 52.2 Å². The molecule has 3 rings (SSSR count). The van der Waals surface area contributed by atoms with Crippen LogP contribution in [0.25, 0.3) is 0 Å². The highest BCUT2D eigenvalue weighted by molar-refractivity contribution is 5.99. The van der Waals surface area contributed by atoms with Gasteiger partial charge in [0.15, 0.2) is 5.78 Å². The van der Waals surface area contributed by atoms with Crippen molar-refractivity contribution in [2.75, 3.05) is 11.9 Å². The van der Waals surface area contributed by atoms with Crippen LogP contribution in [0.1, 0.15) is 54.6 Å². The van der Waals surface area contributed by atoms with Crippen molar-refractivity contribution in [1.29, 1.82) is 0 Å². The Morgan fingerprint density at radius 3 is 2.65 bits per heavy atom. The van der Waals surface area contributed by atoms with Crippen LogP contribution < -0.4 is 5.32 Å². The van der Waals surface area contributed by atoms with Crippen LogP contribution >= 0.6 is 0 Å². The summed E-state index contributed by atoms with van der Waals surface area (Å²) in [6, 6.07) is 13.7. The zero-order valence-corrected chi connectivity index (χ0v) is 15.6. The summed E-state index contributed by atoms with van der Waals surface area (Å²) >= 11 is 0. The Kier molecular flexibility index (Phi) is 6.04. The molecule has 1 N–H and O–H groups in total. The maximum Gasteiger partial charge on any atom is 0.164 e. The number of piperidine rings is 1. The van der Waals surface area contributed by atoms with Crippen LogP contribution in [0.15, 0.2) is 42.5 Å². The third-order valence-corrected chi connectivity index (χ3v) is 5.27. The molecule has 1 unspecified atom stereocenters. The van der Waals surface area contributed by atoms with Crippen molar-refractivity contribution in [3.8, 4) is 0 Å². The second-order valence-corrected chi connectivity index (χ2v) is 7.16. The highest BCUT2D eigenvalue weighted by atomic mass is 19.1. The fourth-order valence-electron chi connectivity index (χ4n) is 3.72. The first-order chi connectivity index (χ1) is 12.6. The van der Waals surface area contributed by atoms with Crippen molar-refractivity contribution in [1.82, 2.24) is 4.90 Å². The van der Waals surface area contributed by atoms with E-state index in [1.54, 1.807) is 12.1 Å². The third kappa shape index (κ3) is 4.31. The lowest BCUT2D eigenvalue weighted by Crippen LogP contribution is -2.37. The Labute approximate surface area is 155 Å². The largest absolute Gasteiger partial charge is 0.380 e. The van der Waals surface area contributed by atoms with E-state index < -0.39 is 5.82 Å². The van der Waals surface area contributed by atoms with Crippen LogP contribution in [-0.4, -0.2) is 23.3 Å². The Morgan fingerprint density at radius 2 is 1.92 bits per heavy atom. The number of likely N-dealkylation sites (tertiary alicyclic amines) is 1. The van der Waals surface area contributed by atoms with Gasteiger partial charge in [0, 0.05) is 24.8 Å². The van der Waals surface area contributed by atoms with E-state index in [0.29, 0.717) is 18.3 Å². The van der Waals surface area contributed by atoms with Crippen molar-refractivity contribution >= 4 is 11.5 Å². The second-order valence-electron chi connectivity index (χ2n) is 7.16. The van der Waals surface area contributed by atoms with E-state index in [0.717, 1.165) is 13.1 Å². The van der Waals surface area contributed by atoms with Crippen LogP contribution in [0.5, 0.6) is 0 Å². The van der Waals surface area contributed by atoms with E-state index in [9.17, 15) is 9.18 Å². The number of hydrogen-bond acceptors (Lipinski definition) is 3. The topological polar surface area (TPSA) is 32.3 Å². The average Bonchev–Trinajstić information content (AvgIpc) is 2.62. The quantitative estimate of drug-likeness (QED) is 0.740. The highest BCUT2D eigenvalue weighted by Gasteiger charge is 2.19. The molecule has 0 bridgehead atoms. The molecule has 2 aromatic carbocycles. The van der Waals surface area contributed by atoms with Gasteiger partial charge < -0.3 is 5.32 Å². The van der Waals surface area contributed by atoms with E-state index in [4.69, 9.17) is 0 Å². The molecule has 1 heterocycles. The van der Waals surface area contributed by atoms with Gasteiger partial charge >= 0.3 is 0 Å². The minimum Gasteiger partial charge on any atom is -0.380 e. The first kappa shape index (κ1) is 18.6. The van der Waals surface area contributed by atoms with Gasteiger partial charge in [0.1, 0.15) is 5.82 Å². The molecule has 0 radical (unpaired) electrons. The first-order valence-corrected chi connectivity index (χ1v) is 9.40. The Morgan fingerprint density at radius 1 is 1.15 bits per heavy atom. The van der Waals surface area contributed by atoms with E-state index in [1.165, 1.54) is 43.4 Å². The minimum atomic E-state index is -0.474. The van der Waals surface area contributed by atoms with Crippen molar-refractivity contribution in [2.24, 2.45) is 0 Å². The van der Waals surface area contributed by atoms with Crippen molar-refractivity contribution < 1.29 is 9.18 Å². The zero-order chi connectivity index (χ0) is 18.5. The monoisotopic (exact) mass is 354 g/mol. The Hall–Kier alpha value is -2.20. The molecule has 26 heavy (non-hydrogen) atoms. The summed E-state index contributed by atoms with van der Waals surface area (Å²) in [7, 11) is 0. The van der Waals surface area contributed by atoms with Gasteiger partial charge in [-0.3, -0.25) is 9.69 Å². The number of Topliss-reactive ketones (excluding diaryl/α,β-unsaturated/α-hetero) is 1. The lowest BCUT2D eigenvalue weighted by atomic mass is 10.0. The number of carbonyl (C=O) groups excluding carboxylic acids is 1. The summed E-state index contributed by atoms with van der Waals surface area (Å²) in [6.45, 7) is 6.34. The number of nitrogens with zero attached hydrogens (tertiary/aromatic N) is 1. The number of benzene rings is 2. The molecular formula is C22H27FN2O. The third-order valence-electron chi connectivity index (χ3n) is 5.27.